The largest absolute Gasteiger partial charge is 0.506 e. The average Bonchev–Trinajstić information content (AvgIpc) is 3.27. The van der Waals surface area contributed by atoms with Gasteiger partial charge in [0.05, 0.1) is 5.02 Å². The quantitative estimate of drug-likeness (QED) is 0.845. The first-order valence-electron chi connectivity index (χ1n) is 7.28. The van der Waals surface area contributed by atoms with Crippen molar-refractivity contribution in [1.29, 1.82) is 0 Å². The number of nitrogens with zero attached hydrogens (tertiary/aromatic N) is 1. The molecule has 1 atom stereocenters. The molecule has 0 aromatic heterocycles. The van der Waals surface area contributed by atoms with Gasteiger partial charge in [0, 0.05) is 37.8 Å². The van der Waals surface area contributed by atoms with E-state index in [9.17, 15) is 9.50 Å². The van der Waals surface area contributed by atoms with E-state index in [1.807, 2.05) is 0 Å². The zero-order chi connectivity index (χ0) is 14.1. The summed E-state index contributed by atoms with van der Waals surface area (Å²) < 4.78 is 14.2. The van der Waals surface area contributed by atoms with Gasteiger partial charge in [-0.05, 0) is 24.5 Å². The van der Waals surface area contributed by atoms with E-state index in [0.717, 1.165) is 32.6 Å². The van der Waals surface area contributed by atoms with Crippen molar-refractivity contribution in [2.75, 3.05) is 26.2 Å². The lowest BCUT2D eigenvalue weighted by Gasteiger charge is -2.36. The van der Waals surface area contributed by atoms with Gasteiger partial charge in [-0.2, -0.15) is 0 Å². The minimum atomic E-state index is -0.351. The van der Waals surface area contributed by atoms with Crippen LogP contribution in [0.5, 0.6) is 5.75 Å². The highest BCUT2D eigenvalue weighted by atomic mass is 35.5. The summed E-state index contributed by atoms with van der Waals surface area (Å²) in [5.41, 5.74) is 0.381. The molecule has 0 radical (unpaired) electrons. The van der Waals surface area contributed by atoms with E-state index in [1.54, 1.807) is 0 Å². The van der Waals surface area contributed by atoms with Gasteiger partial charge in [-0.15, -0.1) is 24.8 Å². The molecule has 0 bridgehead atoms. The topological polar surface area (TPSA) is 35.5 Å². The molecule has 1 aliphatic heterocycles. The molecule has 126 valence electrons. The third kappa shape index (κ3) is 4.39. The van der Waals surface area contributed by atoms with Crippen LogP contribution in [0.15, 0.2) is 12.1 Å². The molecule has 1 saturated heterocycles. The van der Waals surface area contributed by atoms with Crippen LogP contribution in [0, 0.1) is 11.7 Å². The van der Waals surface area contributed by atoms with Crippen LogP contribution in [0.25, 0.3) is 0 Å². The molecule has 1 aliphatic carbocycles. The Hall–Kier alpha value is -0.260. The van der Waals surface area contributed by atoms with Gasteiger partial charge in [0.25, 0.3) is 0 Å². The summed E-state index contributed by atoms with van der Waals surface area (Å²) in [7, 11) is 0. The highest BCUT2D eigenvalue weighted by molar-refractivity contribution is 6.32. The summed E-state index contributed by atoms with van der Waals surface area (Å²) in [5, 5.41) is 13.7. The zero-order valence-corrected chi connectivity index (χ0v) is 14.6. The van der Waals surface area contributed by atoms with Gasteiger partial charge in [0.2, 0.25) is 0 Å². The fourth-order valence-corrected chi connectivity index (χ4v) is 3.15. The van der Waals surface area contributed by atoms with Crippen molar-refractivity contribution in [3.05, 3.63) is 28.5 Å². The number of aromatic hydroxyl groups is 1. The number of hydrogen-bond acceptors (Lipinski definition) is 3. The fraction of sp³-hybridized carbons (Fsp3) is 0.600. The summed E-state index contributed by atoms with van der Waals surface area (Å²) in [6.45, 7) is 3.57. The van der Waals surface area contributed by atoms with E-state index in [2.05, 4.69) is 10.2 Å². The normalized spacial score (nSPS) is 19.9. The molecule has 1 heterocycles. The van der Waals surface area contributed by atoms with Crippen LogP contribution in [0.4, 0.5) is 4.39 Å². The molecular weight excluding hydrogens is 350 g/mol. The van der Waals surface area contributed by atoms with Crippen LogP contribution in [-0.4, -0.2) is 36.2 Å². The standard InChI is InChI=1S/C15H20ClFN2O.2ClH/c16-11-3-4-12(17)14(15(11)20)13(9-10-1-2-10)19-7-5-18-6-8-19;;/h3-4,10,13,18,20H,1-2,5-9H2;2*1H/t13-;;/m1../s1. The van der Waals surface area contributed by atoms with Crippen LogP contribution in [0.2, 0.25) is 5.02 Å². The molecule has 0 unspecified atom stereocenters. The first-order valence-corrected chi connectivity index (χ1v) is 7.66. The Bertz CT molecular complexity index is 494. The van der Waals surface area contributed by atoms with Crippen molar-refractivity contribution in [2.24, 2.45) is 5.92 Å². The lowest BCUT2D eigenvalue weighted by molar-refractivity contribution is 0.154. The van der Waals surface area contributed by atoms with Crippen molar-refractivity contribution < 1.29 is 9.50 Å². The maximum atomic E-state index is 14.2. The molecule has 7 heteroatoms. The number of benzene rings is 1. The first-order chi connectivity index (χ1) is 9.66. The number of halogens is 4. The summed E-state index contributed by atoms with van der Waals surface area (Å²) in [6, 6.07) is 2.71. The molecule has 0 amide bonds. The van der Waals surface area contributed by atoms with Gasteiger partial charge >= 0.3 is 0 Å². The Labute approximate surface area is 148 Å². The fourth-order valence-electron chi connectivity index (χ4n) is 2.99. The van der Waals surface area contributed by atoms with Gasteiger partial charge < -0.3 is 10.4 Å². The van der Waals surface area contributed by atoms with Crippen molar-refractivity contribution in [3.8, 4) is 5.75 Å². The second kappa shape index (κ2) is 8.55. The Kier molecular flexibility index (Phi) is 7.69. The number of phenolic OH excluding ortho intramolecular Hbond substituents is 1. The van der Waals surface area contributed by atoms with Crippen molar-refractivity contribution >= 4 is 36.4 Å². The van der Waals surface area contributed by atoms with E-state index < -0.39 is 0 Å². The van der Waals surface area contributed by atoms with E-state index >= 15 is 0 Å². The van der Waals surface area contributed by atoms with E-state index in [-0.39, 0.29) is 47.4 Å². The smallest absolute Gasteiger partial charge is 0.141 e. The van der Waals surface area contributed by atoms with E-state index in [0.29, 0.717) is 11.5 Å². The number of phenols is 1. The van der Waals surface area contributed by atoms with Gasteiger partial charge in [0.15, 0.2) is 0 Å². The maximum Gasteiger partial charge on any atom is 0.141 e. The molecular formula is C15H22Cl3FN2O. The summed E-state index contributed by atoms with van der Waals surface area (Å²) in [4.78, 5) is 2.27. The van der Waals surface area contributed by atoms with Gasteiger partial charge in [-0.25, -0.2) is 4.39 Å². The summed E-state index contributed by atoms with van der Waals surface area (Å²) in [5.74, 6) is 0.222. The highest BCUT2D eigenvalue weighted by Crippen LogP contribution is 2.44. The van der Waals surface area contributed by atoms with Crippen LogP contribution >= 0.6 is 36.4 Å². The zero-order valence-electron chi connectivity index (χ0n) is 12.2. The molecule has 2 fully saturated rings. The van der Waals surface area contributed by atoms with Gasteiger partial charge in [-0.1, -0.05) is 24.4 Å². The molecule has 3 nitrogen and oxygen atoms in total. The third-order valence-electron chi connectivity index (χ3n) is 4.29. The van der Waals surface area contributed by atoms with Crippen molar-refractivity contribution in [2.45, 2.75) is 25.3 Å². The van der Waals surface area contributed by atoms with Crippen LogP contribution in [-0.2, 0) is 0 Å². The Morgan fingerprint density at radius 3 is 2.50 bits per heavy atom. The number of piperazine rings is 1. The molecule has 2 aliphatic rings. The minimum absolute atomic E-state index is 0. The second-order valence-corrected chi connectivity index (χ2v) is 6.18. The third-order valence-corrected chi connectivity index (χ3v) is 4.60. The lowest BCUT2D eigenvalue weighted by atomic mass is 9.97. The lowest BCUT2D eigenvalue weighted by Crippen LogP contribution is -2.45. The van der Waals surface area contributed by atoms with Crippen molar-refractivity contribution in [3.63, 3.8) is 0 Å². The predicted molar refractivity (Wildman–Crippen MR) is 92.1 cm³/mol. The Morgan fingerprint density at radius 2 is 1.91 bits per heavy atom. The van der Waals surface area contributed by atoms with E-state index in [4.69, 9.17) is 11.6 Å². The highest BCUT2D eigenvalue weighted by Gasteiger charge is 2.33. The van der Waals surface area contributed by atoms with Gasteiger partial charge in [-0.3, -0.25) is 4.90 Å². The molecule has 1 aromatic carbocycles. The van der Waals surface area contributed by atoms with Crippen LogP contribution < -0.4 is 5.32 Å². The monoisotopic (exact) mass is 370 g/mol. The van der Waals surface area contributed by atoms with Crippen LogP contribution in [0.3, 0.4) is 0 Å². The molecule has 0 spiro atoms. The molecule has 1 saturated carbocycles. The van der Waals surface area contributed by atoms with Crippen LogP contribution in [0.1, 0.15) is 30.9 Å². The predicted octanol–water partition coefficient (Wildman–Crippen LogP) is 3.77. The van der Waals surface area contributed by atoms with E-state index in [1.165, 1.54) is 25.0 Å². The number of nitrogens with one attached hydrogen (secondary N) is 1. The SMILES string of the molecule is Cl.Cl.Oc1c(Cl)ccc(F)c1[C@@H](CC1CC1)N1CCNCC1. The number of hydrogen-bond donors (Lipinski definition) is 2. The minimum Gasteiger partial charge on any atom is -0.506 e. The Morgan fingerprint density at radius 1 is 1.27 bits per heavy atom. The maximum absolute atomic E-state index is 14.2. The summed E-state index contributed by atoms with van der Waals surface area (Å²) >= 11 is 5.97. The summed E-state index contributed by atoms with van der Waals surface area (Å²) in [6.07, 6.45) is 3.34. The first kappa shape index (κ1) is 19.8. The molecule has 1 aromatic rings. The second-order valence-electron chi connectivity index (χ2n) is 5.77. The van der Waals surface area contributed by atoms with Gasteiger partial charge in [0.1, 0.15) is 11.6 Å². The average molecular weight is 372 g/mol. The molecule has 2 N–H and O–H groups in total. The molecule has 3 rings (SSSR count). The van der Waals surface area contributed by atoms with Crippen molar-refractivity contribution in [1.82, 2.24) is 10.2 Å². The Balaban J connectivity index is 0.00000121. The number of rotatable bonds is 4. The molecule has 22 heavy (non-hydrogen) atoms.